The first-order valence-corrected chi connectivity index (χ1v) is 9.52. The molecule has 8 nitrogen and oxygen atoms in total. The van der Waals surface area contributed by atoms with E-state index in [1.165, 1.54) is 22.0 Å². The molecule has 158 valence electrons. The molecule has 0 saturated carbocycles. The third-order valence-corrected chi connectivity index (χ3v) is 5.32. The zero-order chi connectivity index (χ0) is 21.5. The van der Waals surface area contributed by atoms with Crippen molar-refractivity contribution in [2.75, 3.05) is 31.1 Å². The van der Waals surface area contributed by atoms with Crippen LogP contribution in [0.4, 0.5) is 19.0 Å². The summed E-state index contributed by atoms with van der Waals surface area (Å²) in [7, 11) is 0. The van der Waals surface area contributed by atoms with Crippen LogP contribution in [0.1, 0.15) is 24.0 Å². The number of β-amino-alcohol motifs (C(OH)–C–C–N with tert-alkyl or cyclic N) is 1. The van der Waals surface area contributed by atoms with E-state index < -0.39 is 23.4 Å². The molecule has 1 unspecified atom stereocenters. The number of aliphatic hydroxyl groups excluding tert-OH is 1. The zero-order valence-electron chi connectivity index (χ0n) is 15.9. The van der Waals surface area contributed by atoms with Gasteiger partial charge in [0.25, 0.3) is 0 Å². The van der Waals surface area contributed by atoms with Gasteiger partial charge in [0.1, 0.15) is 24.0 Å². The van der Waals surface area contributed by atoms with Crippen LogP contribution in [-0.2, 0) is 17.5 Å². The fourth-order valence-corrected chi connectivity index (χ4v) is 3.56. The molecule has 1 amide bonds. The largest absolute Gasteiger partial charge is 0.417 e. The maximum absolute atomic E-state index is 13.6. The molecule has 1 N–H and O–H groups in total. The van der Waals surface area contributed by atoms with Gasteiger partial charge in [-0.1, -0.05) is 0 Å². The Hall–Kier alpha value is -3.13. The Balaban J connectivity index is 1.64. The molecule has 2 aromatic heterocycles. The van der Waals surface area contributed by atoms with E-state index in [-0.39, 0.29) is 30.5 Å². The molecule has 2 aromatic rings. The number of carbonyl (C=O) groups is 1. The predicted octanol–water partition coefficient (Wildman–Crippen LogP) is 1.64. The summed E-state index contributed by atoms with van der Waals surface area (Å²) < 4.78 is 42.1. The number of aliphatic hydroxyl groups is 1. The Morgan fingerprint density at radius 1 is 1.33 bits per heavy atom. The highest BCUT2D eigenvalue weighted by molar-refractivity contribution is 5.76. The number of nitriles is 1. The van der Waals surface area contributed by atoms with Crippen molar-refractivity contribution in [2.24, 2.45) is 0 Å². The number of carbonyl (C=O) groups excluding carboxylic acids is 1. The third-order valence-electron chi connectivity index (χ3n) is 5.32. The average Bonchev–Trinajstić information content (AvgIpc) is 3.28. The molecule has 0 aliphatic carbocycles. The highest BCUT2D eigenvalue weighted by Gasteiger charge is 2.37. The maximum Gasteiger partial charge on any atom is 0.417 e. The van der Waals surface area contributed by atoms with Gasteiger partial charge in [-0.15, -0.1) is 0 Å². The highest BCUT2D eigenvalue weighted by Crippen LogP contribution is 2.38. The van der Waals surface area contributed by atoms with E-state index in [1.807, 2.05) is 0 Å². The number of rotatable bonds is 4. The van der Waals surface area contributed by atoms with Crippen LogP contribution in [0, 0.1) is 11.3 Å². The van der Waals surface area contributed by atoms with Gasteiger partial charge in [0.15, 0.2) is 0 Å². The number of anilines is 1. The average molecular weight is 420 g/mol. The lowest BCUT2D eigenvalue weighted by Gasteiger charge is -2.33. The second kappa shape index (κ2) is 7.60. The summed E-state index contributed by atoms with van der Waals surface area (Å²) >= 11 is 0. The fraction of sp³-hybridized carbons (Fsp3) is 0.474. The number of hydrogen-bond donors (Lipinski definition) is 1. The molecule has 4 heterocycles. The van der Waals surface area contributed by atoms with Crippen molar-refractivity contribution >= 4 is 11.7 Å². The van der Waals surface area contributed by atoms with Crippen molar-refractivity contribution in [3.05, 3.63) is 29.6 Å². The van der Waals surface area contributed by atoms with Crippen LogP contribution in [0.25, 0.3) is 11.3 Å². The summed E-state index contributed by atoms with van der Waals surface area (Å²) in [5.74, 6) is -0.213. The molecule has 0 radical (unpaired) electrons. The van der Waals surface area contributed by atoms with Gasteiger partial charge in [-0.25, -0.2) is 4.98 Å². The monoisotopic (exact) mass is 420 g/mol. The zero-order valence-corrected chi connectivity index (χ0v) is 15.9. The molecule has 1 atom stereocenters. The molecule has 2 fully saturated rings. The van der Waals surface area contributed by atoms with Gasteiger partial charge in [0, 0.05) is 37.9 Å². The van der Waals surface area contributed by atoms with Crippen molar-refractivity contribution in [1.29, 1.82) is 5.26 Å². The molecule has 2 aliphatic rings. The highest BCUT2D eigenvalue weighted by atomic mass is 19.4. The molecular formula is C19H19F3N6O2. The van der Waals surface area contributed by atoms with E-state index in [4.69, 9.17) is 0 Å². The molecular weight excluding hydrogens is 401 g/mol. The molecule has 0 bridgehead atoms. The maximum atomic E-state index is 13.6. The molecule has 4 rings (SSSR count). The van der Waals surface area contributed by atoms with E-state index in [9.17, 15) is 28.3 Å². The van der Waals surface area contributed by atoms with E-state index in [1.54, 1.807) is 11.0 Å². The Morgan fingerprint density at radius 2 is 2.10 bits per heavy atom. The summed E-state index contributed by atoms with van der Waals surface area (Å²) in [6.07, 6.45) is -1.09. The van der Waals surface area contributed by atoms with Crippen molar-refractivity contribution < 1.29 is 23.1 Å². The van der Waals surface area contributed by atoms with Crippen molar-refractivity contribution in [1.82, 2.24) is 19.7 Å². The van der Waals surface area contributed by atoms with Crippen LogP contribution in [-0.4, -0.2) is 63.0 Å². The van der Waals surface area contributed by atoms with Crippen LogP contribution < -0.4 is 4.90 Å². The molecule has 30 heavy (non-hydrogen) atoms. The Morgan fingerprint density at radius 3 is 2.67 bits per heavy atom. The number of amides is 1. The van der Waals surface area contributed by atoms with Gasteiger partial charge in [-0.3, -0.25) is 9.48 Å². The third kappa shape index (κ3) is 3.82. The van der Waals surface area contributed by atoms with Crippen LogP contribution in [0.3, 0.4) is 0 Å². The number of hydrogen-bond acceptors (Lipinski definition) is 6. The smallest absolute Gasteiger partial charge is 0.391 e. The van der Waals surface area contributed by atoms with Gasteiger partial charge in [0.05, 0.1) is 23.6 Å². The Labute approximate surface area is 170 Å². The summed E-state index contributed by atoms with van der Waals surface area (Å²) in [5.41, 5.74) is -1.16. The minimum Gasteiger partial charge on any atom is -0.391 e. The molecule has 2 aliphatic heterocycles. The summed E-state index contributed by atoms with van der Waals surface area (Å²) in [4.78, 5) is 19.8. The van der Waals surface area contributed by atoms with Crippen LogP contribution >= 0.6 is 0 Å². The Kier molecular flexibility index (Phi) is 5.11. The number of alkyl halides is 3. The first-order chi connectivity index (χ1) is 14.3. The van der Waals surface area contributed by atoms with E-state index >= 15 is 0 Å². The minimum atomic E-state index is -4.70. The first-order valence-electron chi connectivity index (χ1n) is 9.52. The number of halogens is 3. The van der Waals surface area contributed by atoms with Gasteiger partial charge in [0.2, 0.25) is 5.91 Å². The molecule has 2 saturated heterocycles. The lowest BCUT2D eigenvalue weighted by atomic mass is 10.0. The minimum absolute atomic E-state index is 0.0171. The first kappa shape index (κ1) is 20.2. The summed E-state index contributed by atoms with van der Waals surface area (Å²) in [6, 6.07) is 2.50. The van der Waals surface area contributed by atoms with Gasteiger partial charge >= 0.3 is 6.18 Å². The lowest BCUT2D eigenvalue weighted by molar-refractivity contribution is -0.137. The second-order valence-electron chi connectivity index (χ2n) is 7.41. The SMILES string of the molecule is N#Cc1c(C(F)(F)F)cc(-c2cnn(CC(=O)N3CCC(O)C3)c2)nc1N1CCC1. The van der Waals surface area contributed by atoms with Crippen molar-refractivity contribution in [3.63, 3.8) is 0 Å². The van der Waals surface area contributed by atoms with E-state index in [2.05, 4.69) is 10.1 Å². The van der Waals surface area contributed by atoms with Crippen LogP contribution in [0.2, 0.25) is 0 Å². The topological polar surface area (TPSA) is 98.3 Å². The molecule has 0 aromatic carbocycles. The van der Waals surface area contributed by atoms with Crippen LogP contribution in [0.5, 0.6) is 0 Å². The normalized spacial score (nSPS) is 19.0. The number of likely N-dealkylation sites (tertiary alicyclic amines) is 1. The number of pyridine rings is 1. The molecule has 11 heteroatoms. The second-order valence-corrected chi connectivity index (χ2v) is 7.41. The quantitative estimate of drug-likeness (QED) is 0.808. The van der Waals surface area contributed by atoms with Gasteiger partial charge in [-0.2, -0.15) is 23.5 Å². The van der Waals surface area contributed by atoms with Gasteiger partial charge < -0.3 is 14.9 Å². The Bertz CT molecular complexity index is 1010. The number of aromatic nitrogens is 3. The predicted molar refractivity (Wildman–Crippen MR) is 99.2 cm³/mol. The van der Waals surface area contributed by atoms with Crippen molar-refractivity contribution in [3.8, 4) is 17.3 Å². The van der Waals surface area contributed by atoms with E-state index in [0.717, 1.165) is 12.5 Å². The van der Waals surface area contributed by atoms with E-state index in [0.29, 0.717) is 31.6 Å². The van der Waals surface area contributed by atoms with Crippen molar-refractivity contribution in [2.45, 2.75) is 31.7 Å². The van der Waals surface area contributed by atoms with Gasteiger partial charge in [-0.05, 0) is 18.9 Å². The standard InChI is InChI=1S/C19H19F3N6O2/c20-19(21,22)15-6-16(25-18(14(15)7-23)26-3-1-4-26)12-8-24-28(9-12)11-17(30)27-5-2-13(29)10-27/h6,8-9,13,29H,1-5,10-11H2. The number of nitrogens with zero attached hydrogens (tertiary/aromatic N) is 6. The lowest BCUT2D eigenvalue weighted by Crippen LogP contribution is -2.38. The fourth-order valence-electron chi connectivity index (χ4n) is 3.56. The summed E-state index contributed by atoms with van der Waals surface area (Å²) in [6.45, 7) is 1.71. The summed E-state index contributed by atoms with van der Waals surface area (Å²) in [5, 5.41) is 23.0. The van der Waals surface area contributed by atoms with Crippen LogP contribution in [0.15, 0.2) is 18.5 Å². The molecule has 0 spiro atoms.